The van der Waals surface area contributed by atoms with Crippen LogP contribution in [-0.4, -0.2) is 26.2 Å². The van der Waals surface area contributed by atoms with Gasteiger partial charge < -0.3 is 5.32 Å². The van der Waals surface area contributed by atoms with Gasteiger partial charge >= 0.3 is 0 Å². The number of hydrogen-bond donors (Lipinski definition) is 1. The van der Waals surface area contributed by atoms with Gasteiger partial charge in [0, 0.05) is 45.4 Å². The summed E-state index contributed by atoms with van der Waals surface area (Å²) < 4.78 is 25.3. The molecule has 0 saturated heterocycles. The molecule has 1 unspecified atom stereocenters. The Morgan fingerprint density at radius 3 is 2.26 bits per heavy atom. The van der Waals surface area contributed by atoms with E-state index in [1.807, 2.05) is 26.0 Å². The molecule has 5 rings (SSSR count). The number of aldehydes is 1. The van der Waals surface area contributed by atoms with Crippen molar-refractivity contribution < 1.29 is 18.0 Å². The van der Waals surface area contributed by atoms with Gasteiger partial charge in [-0.25, -0.2) is 8.42 Å². The van der Waals surface area contributed by atoms with Crippen molar-refractivity contribution >= 4 is 45.1 Å². The molecule has 0 radical (unpaired) electrons. The zero-order valence-electron chi connectivity index (χ0n) is 19.0. The molecule has 1 aliphatic carbocycles. The van der Waals surface area contributed by atoms with E-state index in [9.17, 15) is 18.0 Å². The van der Waals surface area contributed by atoms with E-state index in [1.54, 1.807) is 24.3 Å². The predicted octanol–water partition coefficient (Wildman–Crippen LogP) is 5.83. The number of hydrogen-bond acceptors (Lipinski definition) is 5. The number of halogens is 2. The number of dihydropyridines is 1. The monoisotopic (exact) mass is 517 g/mol. The van der Waals surface area contributed by atoms with Crippen molar-refractivity contribution in [3.63, 3.8) is 0 Å². The summed E-state index contributed by atoms with van der Waals surface area (Å²) in [5.41, 5.74) is 5.62. The van der Waals surface area contributed by atoms with Crippen LogP contribution < -0.4 is 5.32 Å². The Morgan fingerprint density at radius 2 is 1.62 bits per heavy atom. The van der Waals surface area contributed by atoms with Crippen molar-refractivity contribution in [3.8, 4) is 0 Å². The fraction of sp³-hybridized carbons (Fsp3) is 0.308. The summed E-state index contributed by atoms with van der Waals surface area (Å²) in [6, 6.07) is 10.7. The maximum absolute atomic E-state index is 12.7. The highest BCUT2D eigenvalue weighted by molar-refractivity contribution is 7.95. The smallest absolute Gasteiger partial charge is 0.177 e. The van der Waals surface area contributed by atoms with E-state index in [4.69, 9.17) is 23.2 Å². The largest absolute Gasteiger partial charge is 0.361 e. The molecule has 1 atom stereocenters. The Labute approximate surface area is 209 Å². The number of rotatable bonds is 2. The average Bonchev–Trinajstić information content (AvgIpc) is 3.11. The third kappa shape index (κ3) is 4.72. The number of ketones is 1. The van der Waals surface area contributed by atoms with E-state index >= 15 is 0 Å². The van der Waals surface area contributed by atoms with E-state index in [0.29, 0.717) is 38.9 Å². The van der Waals surface area contributed by atoms with Gasteiger partial charge in [0.05, 0.1) is 16.6 Å². The molecule has 0 fully saturated rings. The number of aryl methyl sites for hydroxylation is 2. The third-order valence-electron chi connectivity index (χ3n) is 6.40. The Hall–Kier alpha value is -2.41. The van der Waals surface area contributed by atoms with Crippen LogP contribution >= 0.6 is 23.2 Å². The summed E-state index contributed by atoms with van der Waals surface area (Å²) in [4.78, 5) is 23.2. The lowest BCUT2D eigenvalue weighted by molar-refractivity contribution is -0.116. The normalized spacial score (nSPS) is 20.7. The minimum Gasteiger partial charge on any atom is -0.361 e. The lowest BCUT2D eigenvalue weighted by Crippen LogP contribution is -2.32. The summed E-state index contributed by atoms with van der Waals surface area (Å²) >= 11 is 11.9. The van der Waals surface area contributed by atoms with Crippen LogP contribution in [0.25, 0.3) is 0 Å². The van der Waals surface area contributed by atoms with Crippen molar-refractivity contribution in [3.05, 3.63) is 90.6 Å². The van der Waals surface area contributed by atoms with Gasteiger partial charge in [-0.15, -0.1) is 0 Å². The summed E-state index contributed by atoms with van der Waals surface area (Å²) in [5, 5.41) is 4.60. The molecule has 2 aromatic carbocycles. The predicted molar refractivity (Wildman–Crippen MR) is 135 cm³/mol. The number of carbonyl (C=O) groups excluding carboxylic acids is 2. The highest BCUT2D eigenvalue weighted by Gasteiger charge is 2.44. The molecule has 0 amide bonds. The molecule has 0 spiro atoms. The Morgan fingerprint density at radius 1 is 0.941 bits per heavy atom. The van der Waals surface area contributed by atoms with Crippen LogP contribution in [0.3, 0.4) is 0 Å². The minimum absolute atomic E-state index is 0.0509. The molecule has 8 heteroatoms. The molecule has 0 aromatic heterocycles. The molecule has 1 N–H and O–H groups in total. The van der Waals surface area contributed by atoms with Gasteiger partial charge in [0.15, 0.2) is 15.6 Å². The zero-order valence-corrected chi connectivity index (χ0v) is 21.3. The first-order valence-electron chi connectivity index (χ1n) is 11.1. The summed E-state index contributed by atoms with van der Waals surface area (Å²) in [7, 11) is -3.34. The second-order valence-corrected chi connectivity index (χ2v) is 11.7. The first kappa shape index (κ1) is 24.7. The van der Waals surface area contributed by atoms with Crippen LogP contribution in [0.15, 0.2) is 58.3 Å². The molecule has 2 aliphatic heterocycles. The zero-order chi connectivity index (χ0) is 24.6. The van der Waals surface area contributed by atoms with Gasteiger partial charge in [-0.3, -0.25) is 9.59 Å². The van der Waals surface area contributed by atoms with Gasteiger partial charge in [0.1, 0.15) is 6.29 Å². The van der Waals surface area contributed by atoms with Crippen molar-refractivity contribution in [2.24, 2.45) is 0 Å². The summed E-state index contributed by atoms with van der Waals surface area (Å²) in [5.74, 6) is -0.329. The van der Waals surface area contributed by atoms with Crippen LogP contribution in [0.1, 0.15) is 58.6 Å². The molecular weight excluding hydrogens is 493 g/mol. The second-order valence-electron chi connectivity index (χ2n) is 8.77. The van der Waals surface area contributed by atoms with Gasteiger partial charge in [-0.1, -0.05) is 41.4 Å². The first-order valence-corrected chi connectivity index (χ1v) is 13.5. The summed E-state index contributed by atoms with van der Waals surface area (Å²) in [6.07, 6.45) is 3.38. The average molecular weight is 518 g/mol. The second kappa shape index (κ2) is 9.68. The standard InChI is InChI=1S/C18H18ClNO3S.C8H7ClO/c1-10-9-11(5-6-12(10)19)16-17-13(3-2-4-15(17)21)20-14-7-8-24(22,23)18(14)16;1-6-4-7(5-10)2-3-8(6)9/h5-6,9,16,20H,2-4,7-8H2,1H3;2-5H,1H3. The van der Waals surface area contributed by atoms with Crippen molar-refractivity contribution in [2.45, 2.75) is 45.4 Å². The van der Waals surface area contributed by atoms with Crippen LogP contribution in [0, 0.1) is 13.8 Å². The number of nitrogens with one attached hydrogen (secondary N) is 1. The molecular formula is C26H25Cl2NO4S. The Kier molecular flexibility index (Phi) is 7.04. The molecule has 2 aromatic rings. The molecule has 34 heavy (non-hydrogen) atoms. The van der Waals surface area contributed by atoms with Crippen molar-refractivity contribution in [1.29, 1.82) is 0 Å². The fourth-order valence-corrected chi connectivity index (χ4v) is 6.75. The van der Waals surface area contributed by atoms with Crippen molar-refractivity contribution in [2.75, 3.05) is 5.75 Å². The molecule has 5 nitrogen and oxygen atoms in total. The SMILES string of the molecule is Cc1cc(C2C3=C(CCCC3=O)NC3=C2S(=O)(=O)CC3)ccc1Cl.Cc1cc(C=O)ccc1Cl. The van der Waals surface area contributed by atoms with E-state index in [1.165, 1.54) is 0 Å². The number of benzene rings is 2. The topological polar surface area (TPSA) is 80.3 Å². The third-order valence-corrected chi connectivity index (χ3v) is 9.14. The Balaban J connectivity index is 0.000000231. The highest BCUT2D eigenvalue weighted by atomic mass is 35.5. The summed E-state index contributed by atoms with van der Waals surface area (Å²) in [6.45, 7) is 3.76. The molecule has 0 bridgehead atoms. The Bertz CT molecular complexity index is 1360. The lowest BCUT2D eigenvalue weighted by Gasteiger charge is -2.33. The molecule has 3 aliphatic rings. The lowest BCUT2D eigenvalue weighted by atomic mass is 9.79. The number of carbonyl (C=O) groups is 2. The van der Waals surface area contributed by atoms with Crippen LogP contribution in [0.2, 0.25) is 10.0 Å². The van der Waals surface area contributed by atoms with Crippen LogP contribution in [-0.2, 0) is 14.6 Å². The van der Waals surface area contributed by atoms with Crippen molar-refractivity contribution in [1.82, 2.24) is 5.32 Å². The molecule has 2 heterocycles. The molecule has 178 valence electrons. The quantitative estimate of drug-likeness (QED) is 0.506. The van der Waals surface area contributed by atoms with E-state index in [0.717, 1.165) is 47.2 Å². The first-order chi connectivity index (χ1) is 16.1. The number of Topliss-reactive ketones (excluding diaryl/α,β-unsaturated/α-hetero) is 1. The number of sulfone groups is 1. The number of allylic oxidation sites excluding steroid dienone is 4. The van der Waals surface area contributed by atoms with Crippen LogP contribution in [0.4, 0.5) is 0 Å². The van der Waals surface area contributed by atoms with E-state index in [-0.39, 0.29) is 11.5 Å². The minimum atomic E-state index is -3.34. The highest BCUT2D eigenvalue weighted by Crippen LogP contribution is 2.47. The fourth-order valence-electron chi connectivity index (χ4n) is 4.68. The maximum Gasteiger partial charge on any atom is 0.177 e. The maximum atomic E-state index is 12.7. The van der Waals surface area contributed by atoms with Gasteiger partial charge in [-0.2, -0.15) is 0 Å². The van der Waals surface area contributed by atoms with E-state index in [2.05, 4.69) is 5.32 Å². The van der Waals surface area contributed by atoms with Crippen LogP contribution in [0.5, 0.6) is 0 Å². The van der Waals surface area contributed by atoms with Gasteiger partial charge in [0.25, 0.3) is 0 Å². The van der Waals surface area contributed by atoms with Gasteiger partial charge in [-0.05, 0) is 61.6 Å². The van der Waals surface area contributed by atoms with Gasteiger partial charge in [0.2, 0.25) is 0 Å². The van der Waals surface area contributed by atoms with E-state index < -0.39 is 15.8 Å². The molecule has 0 saturated carbocycles.